The Bertz CT molecular complexity index is 1130. The number of halogens is 1. The molecule has 1 saturated heterocycles. The summed E-state index contributed by atoms with van der Waals surface area (Å²) in [5.41, 5.74) is 3.46. The van der Waals surface area contributed by atoms with Crippen molar-refractivity contribution in [2.24, 2.45) is 0 Å². The fraction of sp³-hybridized carbons (Fsp3) is 0.261. The normalized spacial score (nSPS) is 14.6. The van der Waals surface area contributed by atoms with Crippen LogP contribution in [0.15, 0.2) is 54.6 Å². The van der Waals surface area contributed by atoms with E-state index in [4.69, 9.17) is 11.6 Å². The molecule has 9 heteroatoms. The highest BCUT2D eigenvalue weighted by Crippen LogP contribution is 2.22. The van der Waals surface area contributed by atoms with Crippen LogP contribution in [-0.4, -0.2) is 34.9 Å². The quantitative estimate of drug-likeness (QED) is 0.526. The van der Waals surface area contributed by atoms with Gasteiger partial charge >= 0.3 is 12.1 Å². The molecule has 2 aromatic carbocycles. The first-order valence-electron chi connectivity index (χ1n) is 10.5. The summed E-state index contributed by atoms with van der Waals surface area (Å²) in [5, 5.41) is 13.6. The van der Waals surface area contributed by atoms with Crippen LogP contribution < -0.4 is 20.9 Å². The van der Waals surface area contributed by atoms with Gasteiger partial charge in [0.15, 0.2) is 5.82 Å². The minimum atomic E-state index is -0.354. The summed E-state index contributed by atoms with van der Waals surface area (Å²) in [6, 6.07) is 16.1. The molecule has 1 aromatic heterocycles. The smallest absolute Gasteiger partial charge is 0.321 e. The SMILES string of the molecule is Cc1cc(NC(=O)NC(C)c2ccc(N3CCCNC3=O)cc2)nn1-c1cccc(Cl)c1. The Morgan fingerprint density at radius 3 is 2.66 bits per heavy atom. The van der Waals surface area contributed by atoms with Crippen LogP contribution in [-0.2, 0) is 0 Å². The third-order valence-corrected chi connectivity index (χ3v) is 5.55. The molecule has 0 spiro atoms. The maximum atomic E-state index is 12.5. The van der Waals surface area contributed by atoms with Gasteiger partial charge < -0.3 is 10.6 Å². The van der Waals surface area contributed by atoms with Gasteiger partial charge in [-0.3, -0.25) is 10.2 Å². The number of hydrogen-bond donors (Lipinski definition) is 3. The van der Waals surface area contributed by atoms with Gasteiger partial charge in [-0.15, -0.1) is 5.10 Å². The minimum Gasteiger partial charge on any atom is -0.338 e. The molecule has 3 aromatic rings. The lowest BCUT2D eigenvalue weighted by Crippen LogP contribution is -2.46. The number of aryl methyl sites for hydroxylation is 1. The van der Waals surface area contributed by atoms with Crippen LogP contribution in [0.25, 0.3) is 5.69 Å². The van der Waals surface area contributed by atoms with E-state index in [1.165, 1.54) is 0 Å². The van der Waals surface area contributed by atoms with Gasteiger partial charge in [0, 0.05) is 35.6 Å². The Morgan fingerprint density at radius 2 is 1.94 bits per heavy atom. The van der Waals surface area contributed by atoms with Crippen LogP contribution in [0.4, 0.5) is 21.1 Å². The molecule has 3 N–H and O–H groups in total. The van der Waals surface area contributed by atoms with Crippen LogP contribution in [0, 0.1) is 6.92 Å². The fourth-order valence-corrected chi connectivity index (χ4v) is 3.84. The van der Waals surface area contributed by atoms with Crippen LogP contribution in [0.2, 0.25) is 5.02 Å². The van der Waals surface area contributed by atoms with Crippen LogP contribution >= 0.6 is 11.6 Å². The molecular formula is C23H25ClN6O2. The molecule has 1 aliphatic heterocycles. The van der Waals surface area contributed by atoms with Crippen molar-refractivity contribution in [1.29, 1.82) is 0 Å². The van der Waals surface area contributed by atoms with Crippen LogP contribution in [0.3, 0.4) is 0 Å². The van der Waals surface area contributed by atoms with E-state index in [0.29, 0.717) is 23.9 Å². The van der Waals surface area contributed by atoms with Gasteiger partial charge in [0.2, 0.25) is 0 Å². The zero-order chi connectivity index (χ0) is 22.7. The molecule has 32 heavy (non-hydrogen) atoms. The van der Waals surface area contributed by atoms with Crippen molar-refractivity contribution in [3.63, 3.8) is 0 Å². The van der Waals surface area contributed by atoms with Crippen LogP contribution in [0.5, 0.6) is 0 Å². The average Bonchev–Trinajstić information content (AvgIpc) is 3.14. The van der Waals surface area contributed by atoms with E-state index < -0.39 is 0 Å². The van der Waals surface area contributed by atoms with Crippen molar-refractivity contribution in [2.45, 2.75) is 26.3 Å². The van der Waals surface area contributed by atoms with Gasteiger partial charge in [0.05, 0.1) is 11.7 Å². The molecule has 0 bridgehead atoms. The van der Waals surface area contributed by atoms with E-state index in [9.17, 15) is 9.59 Å². The monoisotopic (exact) mass is 452 g/mol. The highest BCUT2D eigenvalue weighted by atomic mass is 35.5. The third-order valence-electron chi connectivity index (χ3n) is 5.31. The summed E-state index contributed by atoms with van der Waals surface area (Å²) < 4.78 is 1.72. The Kier molecular flexibility index (Phi) is 6.32. The van der Waals surface area contributed by atoms with Crippen LogP contribution in [0.1, 0.15) is 30.6 Å². The molecule has 4 rings (SSSR count). The van der Waals surface area contributed by atoms with E-state index in [1.807, 2.05) is 56.3 Å². The van der Waals surface area contributed by atoms with Gasteiger partial charge in [-0.05, 0) is 56.2 Å². The molecule has 4 amide bonds. The van der Waals surface area contributed by atoms with Crippen molar-refractivity contribution >= 4 is 35.2 Å². The molecule has 1 atom stereocenters. The van der Waals surface area contributed by atoms with Crippen molar-refractivity contribution in [2.75, 3.05) is 23.3 Å². The van der Waals surface area contributed by atoms with Gasteiger partial charge in [-0.2, -0.15) is 0 Å². The summed E-state index contributed by atoms with van der Waals surface area (Å²) in [5.74, 6) is 0.443. The molecule has 8 nitrogen and oxygen atoms in total. The molecule has 0 aliphatic carbocycles. The molecule has 1 fully saturated rings. The lowest BCUT2D eigenvalue weighted by molar-refractivity contribution is 0.243. The second-order valence-electron chi connectivity index (χ2n) is 7.71. The Labute approximate surface area is 191 Å². The van der Waals surface area contributed by atoms with Gasteiger partial charge in [0.25, 0.3) is 0 Å². The van der Waals surface area contributed by atoms with Crippen molar-refractivity contribution in [3.05, 3.63) is 70.9 Å². The van der Waals surface area contributed by atoms with Gasteiger partial charge in [-0.25, -0.2) is 14.3 Å². The number of hydrogen-bond acceptors (Lipinski definition) is 3. The molecule has 1 aliphatic rings. The number of rotatable bonds is 5. The summed E-state index contributed by atoms with van der Waals surface area (Å²) in [7, 11) is 0. The van der Waals surface area contributed by atoms with Gasteiger partial charge in [0.1, 0.15) is 0 Å². The van der Waals surface area contributed by atoms with E-state index in [1.54, 1.807) is 21.7 Å². The first kappa shape index (κ1) is 21.7. The first-order valence-corrected chi connectivity index (χ1v) is 10.8. The summed E-state index contributed by atoms with van der Waals surface area (Å²) in [6.07, 6.45) is 0.915. The zero-order valence-electron chi connectivity index (χ0n) is 17.9. The molecular weight excluding hydrogens is 428 g/mol. The predicted octanol–water partition coefficient (Wildman–Crippen LogP) is 4.64. The number of amides is 4. The zero-order valence-corrected chi connectivity index (χ0v) is 18.7. The summed E-state index contributed by atoms with van der Waals surface area (Å²) in [6.45, 7) is 5.21. The number of anilines is 2. The topological polar surface area (TPSA) is 91.3 Å². The second kappa shape index (κ2) is 9.32. The molecule has 0 radical (unpaired) electrons. The number of carbonyl (C=O) groups excluding carboxylic acids is 2. The van der Waals surface area contributed by atoms with E-state index in [2.05, 4.69) is 21.0 Å². The number of benzene rings is 2. The van der Waals surface area contributed by atoms with Gasteiger partial charge in [-0.1, -0.05) is 29.8 Å². The van der Waals surface area contributed by atoms with Crippen molar-refractivity contribution in [1.82, 2.24) is 20.4 Å². The highest BCUT2D eigenvalue weighted by molar-refractivity contribution is 6.30. The Hall–Kier alpha value is -3.52. The predicted molar refractivity (Wildman–Crippen MR) is 126 cm³/mol. The molecule has 2 heterocycles. The Morgan fingerprint density at radius 1 is 1.16 bits per heavy atom. The number of carbonyl (C=O) groups is 2. The largest absolute Gasteiger partial charge is 0.338 e. The lowest BCUT2D eigenvalue weighted by atomic mass is 10.1. The number of nitrogens with one attached hydrogen (secondary N) is 3. The number of nitrogens with zero attached hydrogens (tertiary/aromatic N) is 3. The number of aromatic nitrogens is 2. The highest BCUT2D eigenvalue weighted by Gasteiger charge is 2.19. The average molecular weight is 453 g/mol. The maximum absolute atomic E-state index is 12.5. The minimum absolute atomic E-state index is 0.0814. The van der Waals surface area contributed by atoms with Crippen molar-refractivity contribution in [3.8, 4) is 5.69 Å². The summed E-state index contributed by atoms with van der Waals surface area (Å²) >= 11 is 6.07. The maximum Gasteiger partial charge on any atom is 0.321 e. The Balaban J connectivity index is 1.38. The number of urea groups is 2. The molecule has 166 valence electrons. The fourth-order valence-electron chi connectivity index (χ4n) is 3.66. The standard InChI is InChI=1S/C23H25ClN6O2/c1-15-13-21(28-30(15)20-6-3-5-18(24)14-20)27-22(31)26-16(2)17-7-9-19(10-8-17)29-12-4-11-25-23(29)32/h3,5-10,13-14,16H,4,11-12H2,1-2H3,(H,25,32)(H2,26,27,28,31). The third kappa shape index (κ3) is 4.86. The molecule has 0 saturated carbocycles. The van der Waals surface area contributed by atoms with E-state index in [0.717, 1.165) is 29.1 Å². The lowest BCUT2D eigenvalue weighted by Gasteiger charge is -2.27. The second-order valence-corrected chi connectivity index (χ2v) is 8.15. The first-order chi connectivity index (χ1) is 15.4. The van der Waals surface area contributed by atoms with Crippen molar-refractivity contribution < 1.29 is 9.59 Å². The van der Waals surface area contributed by atoms with E-state index in [-0.39, 0.29) is 18.1 Å². The van der Waals surface area contributed by atoms with E-state index >= 15 is 0 Å². The molecule has 1 unspecified atom stereocenters. The summed E-state index contributed by atoms with van der Waals surface area (Å²) in [4.78, 5) is 26.2.